The Balaban J connectivity index is 1.80. The van der Waals surface area contributed by atoms with Crippen molar-refractivity contribution in [3.8, 4) is 0 Å². The predicted molar refractivity (Wildman–Crippen MR) is 114 cm³/mol. The number of fused-ring (bicyclic) bond motifs is 1. The summed E-state index contributed by atoms with van der Waals surface area (Å²) in [6.45, 7) is 9.08. The normalized spacial score (nSPS) is 15.6. The molecule has 0 unspecified atom stereocenters. The molecule has 29 heavy (non-hydrogen) atoms. The van der Waals surface area contributed by atoms with E-state index in [1.165, 1.54) is 0 Å². The maximum Gasteiger partial charge on any atom is 0.410 e. The molecule has 3 rings (SSSR count). The van der Waals surface area contributed by atoms with Crippen LogP contribution in [0.5, 0.6) is 0 Å². The predicted octanol–water partition coefficient (Wildman–Crippen LogP) is 4.48. The molecule has 0 radical (unpaired) electrons. The first kappa shape index (κ1) is 21.6. The molecule has 1 aliphatic rings. The van der Waals surface area contributed by atoms with Gasteiger partial charge in [0.05, 0.1) is 17.8 Å². The molecule has 7 nitrogen and oxygen atoms in total. The number of likely N-dealkylation sites (tertiary alicyclic amines) is 1. The van der Waals surface area contributed by atoms with Crippen molar-refractivity contribution in [1.82, 2.24) is 14.7 Å². The van der Waals surface area contributed by atoms with Crippen molar-refractivity contribution in [2.24, 2.45) is 0 Å². The molecule has 0 aliphatic carbocycles. The Morgan fingerprint density at radius 2 is 1.93 bits per heavy atom. The van der Waals surface area contributed by atoms with Gasteiger partial charge in [-0.1, -0.05) is 22.0 Å². The molecule has 0 spiro atoms. The average Bonchev–Trinajstić information content (AvgIpc) is 3.00. The molecule has 1 saturated heterocycles. The first-order chi connectivity index (χ1) is 13.7. The van der Waals surface area contributed by atoms with E-state index in [-0.39, 0.29) is 24.5 Å². The van der Waals surface area contributed by atoms with Crippen LogP contribution in [0.4, 0.5) is 4.79 Å². The second-order valence-electron chi connectivity index (χ2n) is 8.22. The zero-order chi connectivity index (χ0) is 21.2. The van der Waals surface area contributed by atoms with Crippen molar-refractivity contribution in [3.05, 3.63) is 28.4 Å². The summed E-state index contributed by atoms with van der Waals surface area (Å²) in [5.41, 5.74) is 1.36. The van der Waals surface area contributed by atoms with Gasteiger partial charge in [0.2, 0.25) is 0 Å². The lowest BCUT2D eigenvalue weighted by molar-refractivity contribution is -0.143. The number of carbonyl (C=O) groups excluding carboxylic acids is 2. The lowest BCUT2D eigenvalue weighted by Gasteiger charge is -2.33. The van der Waals surface area contributed by atoms with E-state index in [2.05, 4.69) is 15.9 Å². The molecule has 2 aromatic rings. The van der Waals surface area contributed by atoms with Crippen LogP contribution in [0.15, 0.2) is 22.7 Å². The van der Waals surface area contributed by atoms with Gasteiger partial charge in [0, 0.05) is 28.9 Å². The van der Waals surface area contributed by atoms with Crippen molar-refractivity contribution >= 4 is 38.9 Å². The van der Waals surface area contributed by atoms with Crippen LogP contribution in [0.3, 0.4) is 0 Å². The van der Waals surface area contributed by atoms with Crippen molar-refractivity contribution in [2.45, 2.75) is 58.6 Å². The van der Waals surface area contributed by atoms with Gasteiger partial charge in [0.15, 0.2) is 0 Å². The van der Waals surface area contributed by atoms with Gasteiger partial charge in [-0.2, -0.15) is 5.10 Å². The lowest BCUT2D eigenvalue weighted by Crippen LogP contribution is -2.41. The van der Waals surface area contributed by atoms with Gasteiger partial charge in [-0.15, -0.1) is 0 Å². The largest absolute Gasteiger partial charge is 0.465 e. The van der Waals surface area contributed by atoms with Gasteiger partial charge in [-0.05, 0) is 52.7 Å². The molecule has 158 valence electrons. The highest BCUT2D eigenvalue weighted by Gasteiger charge is 2.30. The fourth-order valence-corrected chi connectivity index (χ4v) is 4.17. The second-order valence-corrected chi connectivity index (χ2v) is 9.08. The Morgan fingerprint density at radius 1 is 1.24 bits per heavy atom. The Kier molecular flexibility index (Phi) is 6.51. The van der Waals surface area contributed by atoms with Crippen molar-refractivity contribution in [3.63, 3.8) is 0 Å². The average molecular weight is 466 g/mol. The highest BCUT2D eigenvalue weighted by Crippen LogP contribution is 2.36. The fraction of sp³-hybridized carbons (Fsp3) is 0.571. The number of aromatic nitrogens is 2. The summed E-state index contributed by atoms with van der Waals surface area (Å²) >= 11 is 3.64. The molecule has 0 atom stereocenters. The lowest BCUT2D eigenvalue weighted by atomic mass is 9.92. The molecule has 0 saturated carbocycles. The van der Waals surface area contributed by atoms with E-state index in [1.807, 2.05) is 39.0 Å². The molecule has 0 N–H and O–H groups in total. The van der Waals surface area contributed by atoms with Crippen molar-refractivity contribution in [2.75, 3.05) is 19.7 Å². The molecule has 1 amide bonds. The summed E-state index contributed by atoms with van der Waals surface area (Å²) in [6, 6.07) is 5.88. The fourth-order valence-electron chi connectivity index (χ4n) is 3.61. The van der Waals surface area contributed by atoms with E-state index in [4.69, 9.17) is 14.6 Å². The quantitative estimate of drug-likeness (QED) is 0.622. The summed E-state index contributed by atoms with van der Waals surface area (Å²) in [4.78, 5) is 26.1. The third-order valence-electron chi connectivity index (χ3n) is 4.87. The number of esters is 1. The highest BCUT2D eigenvalue weighted by atomic mass is 79.9. The second kappa shape index (κ2) is 8.73. The van der Waals surface area contributed by atoms with Crippen molar-refractivity contribution < 1.29 is 19.1 Å². The summed E-state index contributed by atoms with van der Waals surface area (Å²) in [6.07, 6.45) is 1.33. The zero-order valence-corrected chi connectivity index (χ0v) is 19.0. The SMILES string of the molecule is CCOC(=O)Cn1nc(C2CCN(C(=O)OC(C)(C)C)CC2)c2c(Br)cccc21. The Labute approximate surface area is 179 Å². The van der Waals surface area contributed by atoms with Crippen LogP contribution in [0.1, 0.15) is 52.1 Å². The molecular formula is C21H28BrN3O4. The third kappa shape index (κ3) is 5.10. The van der Waals surface area contributed by atoms with Crippen molar-refractivity contribution in [1.29, 1.82) is 0 Å². The Hall–Kier alpha value is -2.09. The number of carbonyl (C=O) groups is 2. The number of hydrogen-bond donors (Lipinski definition) is 0. The Morgan fingerprint density at radius 3 is 2.55 bits per heavy atom. The van der Waals surface area contributed by atoms with E-state index in [0.717, 1.165) is 33.9 Å². The monoisotopic (exact) mass is 465 g/mol. The maximum atomic E-state index is 12.3. The smallest absolute Gasteiger partial charge is 0.410 e. The first-order valence-corrected chi connectivity index (χ1v) is 10.8. The molecule has 1 fully saturated rings. The van der Waals surface area contributed by atoms with Crippen LogP contribution in [0, 0.1) is 0 Å². The number of rotatable bonds is 4. The third-order valence-corrected chi connectivity index (χ3v) is 5.53. The number of halogens is 1. The molecule has 1 aromatic heterocycles. The van der Waals surface area contributed by atoms with E-state index in [0.29, 0.717) is 19.7 Å². The van der Waals surface area contributed by atoms with Crippen LogP contribution >= 0.6 is 15.9 Å². The number of hydrogen-bond acceptors (Lipinski definition) is 5. The van der Waals surface area contributed by atoms with E-state index in [9.17, 15) is 9.59 Å². The molecule has 2 heterocycles. The first-order valence-electron chi connectivity index (χ1n) is 9.98. The minimum Gasteiger partial charge on any atom is -0.465 e. The van der Waals surface area contributed by atoms with E-state index in [1.54, 1.807) is 16.5 Å². The summed E-state index contributed by atoms with van der Waals surface area (Å²) < 4.78 is 13.2. The van der Waals surface area contributed by atoms with Gasteiger partial charge in [0.25, 0.3) is 0 Å². The van der Waals surface area contributed by atoms with Crippen LogP contribution in [-0.4, -0.2) is 52.0 Å². The van der Waals surface area contributed by atoms with E-state index >= 15 is 0 Å². The number of nitrogens with zero attached hydrogens (tertiary/aromatic N) is 3. The number of piperidine rings is 1. The molecular weight excluding hydrogens is 438 g/mol. The standard InChI is InChI=1S/C21H28BrN3O4/c1-5-28-17(26)13-25-16-8-6-7-15(22)18(16)19(23-25)14-9-11-24(12-10-14)20(27)29-21(2,3)4/h6-8,14H,5,9-13H2,1-4H3. The van der Waals surface area contributed by atoms with Gasteiger partial charge in [-0.3, -0.25) is 9.48 Å². The van der Waals surface area contributed by atoms with E-state index < -0.39 is 5.60 Å². The highest BCUT2D eigenvalue weighted by molar-refractivity contribution is 9.10. The summed E-state index contributed by atoms with van der Waals surface area (Å²) in [5.74, 6) is -0.0958. The molecule has 8 heteroatoms. The molecule has 0 bridgehead atoms. The van der Waals surface area contributed by atoms with Gasteiger partial charge < -0.3 is 14.4 Å². The van der Waals surface area contributed by atoms with Gasteiger partial charge in [0.1, 0.15) is 12.1 Å². The van der Waals surface area contributed by atoms with Gasteiger partial charge in [-0.25, -0.2) is 4.79 Å². The topological polar surface area (TPSA) is 73.7 Å². The van der Waals surface area contributed by atoms with Crippen LogP contribution in [-0.2, 0) is 20.8 Å². The Bertz CT molecular complexity index is 895. The minimum absolute atomic E-state index is 0.0809. The number of amides is 1. The maximum absolute atomic E-state index is 12.3. The number of ether oxygens (including phenoxy) is 2. The minimum atomic E-state index is -0.499. The molecule has 1 aromatic carbocycles. The zero-order valence-electron chi connectivity index (χ0n) is 17.4. The van der Waals surface area contributed by atoms with Crippen LogP contribution in [0.25, 0.3) is 10.9 Å². The number of benzene rings is 1. The van der Waals surface area contributed by atoms with Crippen LogP contribution < -0.4 is 0 Å². The summed E-state index contributed by atoms with van der Waals surface area (Å²) in [5, 5.41) is 5.80. The summed E-state index contributed by atoms with van der Waals surface area (Å²) in [7, 11) is 0. The van der Waals surface area contributed by atoms with Crippen LogP contribution in [0.2, 0.25) is 0 Å². The van der Waals surface area contributed by atoms with Gasteiger partial charge >= 0.3 is 12.1 Å². The molecule has 1 aliphatic heterocycles.